The minimum Gasteiger partial charge on any atom is -0.473 e. The Morgan fingerprint density at radius 2 is 2.00 bits per heavy atom. The summed E-state index contributed by atoms with van der Waals surface area (Å²) < 4.78 is 10.1. The molecule has 0 spiro atoms. The number of hydrogen-bond acceptors (Lipinski definition) is 7. The van der Waals surface area contributed by atoms with Crippen LogP contribution >= 0.6 is 0 Å². The summed E-state index contributed by atoms with van der Waals surface area (Å²) in [5.41, 5.74) is 7.23. The summed E-state index contributed by atoms with van der Waals surface area (Å²) in [6.07, 6.45) is 5.78. The van der Waals surface area contributed by atoms with Crippen LogP contribution in [0, 0.1) is 13.8 Å². The molecule has 4 aromatic rings. The van der Waals surface area contributed by atoms with Crippen molar-refractivity contribution in [3.8, 4) is 17.1 Å². The van der Waals surface area contributed by atoms with Gasteiger partial charge < -0.3 is 9.84 Å². The first-order valence-electron chi connectivity index (χ1n) is 11.4. The molecule has 1 aliphatic heterocycles. The van der Waals surface area contributed by atoms with E-state index >= 15 is 0 Å². The fourth-order valence-electron chi connectivity index (χ4n) is 4.72. The van der Waals surface area contributed by atoms with E-state index in [0.717, 1.165) is 50.5 Å². The summed E-state index contributed by atoms with van der Waals surface area (Å²) in [4.78, 5) is 6.89. The average Bonchev–Trinajstić information content (AvgIpc) is 3.40. The van der Waals surface area contributed by atoms with Crippen LogP contribution in [0.25, 0.3) is 34.3 Å². The van der Waals surface area contributed by atoms with Gasteiger partial charge in [-0.15, -0.1) is 0 Å². The Kier molecular flexibility index (Phi) is 5.70. The third-order valence-electron chi connectivity index (χ3n) is 6.21. The molecule has 4 aromatic heterocycles. The monoisotopic (exact) mass is 462 g/mol. The topological polar surface area (TPSA) is 110 Å². The molecule has 1 unspecified atom stereocenters. The molecular weight excluding hydrogens is 432 g/mol. The zero-order valence-corrected chi connectivity index (χ0v) is 20.2. The van der Waals surface area contributed by atoms with Crippen LogP contribution in [0.3, 0.4) is 0 Å². The number of likely N-dealkylation sites (N-methyl/N-ethyl adjacent to an activating group) is 1. The maximum Gasteiger partial charge on any atom is 0.221 e. The zero-order chi connectivity index (χ0) is 24.0. The molecule has 0 radical (unpaired) electrons. The van der Waals surface area contributed by atoms with E-state index in [4.69, 9.17) is 4.74 Å². The van der Waals surface area contributed by atoms with Gasteiger partial charge in [0.15, 0.2) is 0 Å². The van der Waals surface area contributed by atoms with Crippen molar-refractivity contribution in [1.29, 1.82) is 0 Å². The van der Waals surface area contributed by atoms with Gasteiger partial charge in [0.1, 0.15) is 6.10 Å². The molecule has 2 bridgehead atoms. The Balaban J connectivity index is 1.70. The van der Waals surface area contributed by atoms with Crippen molar-refractivity contribution in [2.75, 3.05) is 20.2 Å². The van der Waals surface area contributed by atoms with E-state index in [1.165, 1.54) is 0 Å². The lowest BCUT2D eigenvalue weighted by atomic mass is 10.1. The number of aromatic nitrogens is 7. The van der Waals surface area contributed by atoms with E-state index in [-0.39, 0.29) is 12.7 Å². The van der Waals surface area contributed by atoms with E-state index in [1.54, 1.807) is 10.9 Å². The molecule has 0 saturated heterocycles. The first kappa shape index (κ1) is 22.3. The van der Waals surface area contributed by atoms with Gasteiger partial charge in [-0.1, -0.05) is 0 Å². The number of aliphatic hydroxyl groups is 1. The van der Waals surface area contributed by atoms with Crippen molar-refractivity contribution >= 4 is 23.1 Å². The van der Waals surface area contributed by atoms with Crippen LogP contribution < -0.4 is 4.74 Å². The molecule has 5 heterocycles. The standard InChI is InChI=1S/C24H30N8O2/c1-14-12-30(4)13-22-17(15(2)29-32(22)8-9-33)6-7-19-18-10-20(25-11-21(18)27-26-19)23-16(3)28-31(5)24(23)34-14/h6-7,10-11,14,33H,8-9,12-13H2,1-5H3,(H,26,27)/b7-6+. The highest BCUT2D eigenvalue weighted by atomic mass is 16.5. The van der Waals surface area contributed by atoms with Gasteiger partial charge in [0.05, 0.1) is 58.9 Å². The maximum atomic E-state index is 9.58. The molecule has 10 heteroatoms. The summed E-state index contributed by atoms with van der Waals surface area (Å²) in [5.74, 6) is 0.697. The highest BCUT2D eigenvalue weighted by molar-refractivity contribution is 5.92. The molecule has 2 N–H and O–H groups in total. The van der Waals surface area contributed by atoms with Gasteiger partial charge in [-0.05, 0) is 46.0 Å². The minimum atomic E-state index is -0.0915. The second-order valence-corrected chi connectivity index (χ2v) is 8.96. The summed E-state index contributed by atoms with van der Waals surface area (Å²) in [5, 5.41) is 27.4. The highest BCUT2D eigenvalue weighted by Crippen LogP contribution is 2.34. The van der Waals surface area contributed by atoms with Gasteiger partial charge in [-0.3, -0.25) is 19.7 Å². The summed E-state index contributed by atoms with van der Waals surface area (Å²) in [7, 11) is 3.96. The number of ether oxygens (including phenoxy) is 1. The molecule has 10 nitrogen and oxygen atoms in total. The molecule has 0 saturated carbocycles. The number of aliphatic hydroxyl groups excluding tert-OH is 1. The lowest BCUT2D eigenvalue weighted by Crippen LogP contribution is -2.32. The average molecular weight is 463 g/mol. The number of H-pyrrole nitrogens is 1. The van der Waals surface area contributed by atoms with E-state index < -0.39 is 0 Å². The fraction of sp³-hybridized carbons (Fsp3) is 0.417. The number of hydrogen-bond donors (Lipinski definition) is 2. The van der Waals surface area contributed by atoms with Crippen molar-refractivity contribution in [3.63, 3.8) is 0 Å². The van der Waals surface area contributed by atoms with Crippen LogP contribution in [-0.4, -0.2) is 71.1 Å². The lowest BCUT2D eigenvalue weighted by Gasteiger charge is -2.23. The molecule has 0 aromatic carbocycles. The van der Waals surface area contributed by atoms with Gasteiger partial charge in [0.25, 0.3) is 0 Å². The Bertz CT molecular complexity index is 1380. The molecule has 34 heavy (non-hydrogen) atoms. The number of rotatable bonds is 2. The van der Waals surface area contributed by atoms with Gasteiger partial charge in [0.2, 0.25) is 5.88 Å². The molecular formula is C24H30N8O2. The highest BCUT2D eigenvalue weighted by Gasteiger charge is 2.23. The van der Waals surface area contributed by atoms with Crippen LogP contribution in [0.4, 0.5) is 0 Å². The van der Waals surface area contributed by atoms with Crippen LogP contribution in [-0.2, 0) is 20.1 Å². The van der Waals surface area contributed by atoms with Crippen LogP contribution in [0.15, 0.2) is 12.3 Å². The van der Waals surface area contributed by atoms with Crippen molar-refractivity contribution in [2.24, 2.45) is 7.05 Å². The number of nitrogens with zero attached hydrogens (tertiary/aromatic N) is 7. The SMILES string of the molecule is Cc1nn(CCO)c2c1/C=C/c1n[nH]c3cnc(cc13)-c1c(C)nn(C)c1OC(C)CN(C)C2. The fourth-order valence-corrected chi connectivity index (χ4v) is 4.72. The van der Waals surface area contributed by atoms with Gasteiger partial charge in [-0.25, -0.2) is 4.68 Å². The molecule has 1 atom stereocenters. The first-order valence-corrected chi connectivity index (χ1v) is 11.4. The lowest BCUT2D eigenvalue weighted by molar-refractivity contribution is 0.146. The molecule has 0 aliphatic carbocycles. The third-order valence-corrected chi connectivity index (χ3v) is 6.21. The quantitative estimate of drug-likeness (QED) is 0.471. The van der Waals surface area contributed by atoms with Crippen molar-refractivity contribution < 1.29 is 9.84 Å². The molecule has 0 amide bonds. The predicted octanol–water partition coefficient (Wildman–Crippen LogP) is 2.55. The number of nitrogens with one attached hydrogen (secondary N) is 1. The van der Waals surface area contributed by atoms with Gasteiger partial charge in [0, 0.05) is 31.1 Å². The number of fused-ring (bicyclic) bond motifs is 4. The third kappa shape index (κ3) is 3.88. The van der Waals surface area contributed by atoms with Gasteiger partial charge >= 0.3 is 0 Å². The van der Waals surface area contributed by atoms with Crippen LogP contribution in [0.2, 0.25) is 0 Å². The van der Waals surface area contributed by atoms with E-state index in [1.807, 2.05) is 37.7 Å². The van der Waals surface area contributed by atoms with Crippen molar-refractivity contribution in [1.82, 2.24) is 39.6 Å². The van der Waals surface area contributed by atoms with E-state index in [9.17, 15) is 5.11 Å². The Labute approximate surface area is 197 Å². The Morgan fingerprint density at radius 1 is 1.18 bits per heavy atom. The second kappa shape index (κ2) is 8.69. The largest absolute Gasteiger partial charge is 0.473 e. The zero-order valence-electron chi connectivity index (χ0n) is 20.2. The summed E-state index contributed by atoms with van der Waals surface area (Å²) >= 11 is 0. The van der Waals surface area contributed by atoms with Crippen LogP contribution in [0.1, 0.15) is 35.3 Å². The summed E-state index contributed by atoms with van der Waals surface area (Å²) in [6.45, 7) is 7.87. The van der Waals surface area contributed by atoms with Crippen molar-refractivity contribution in [3.05, 3.63) is 40.6 Å². The second-order valence-electron chi connectivity index (χ2n) is 8.96. The smallest absolute Gasteiger partial charge is 0.221 e. The van der Waals surface area contributed by atoms with Crippen molar-refractivity contribution in [2.45, 2.75) is 40.0 Å². The maximum absolute atomic E-state index is 9.58. The Morgan fingerprint density at radius 3 is 2.79 bits per heavy atom. The molecule has 5 rings (SSSR count). The molecule has 178 valence electrons. The first-order chi connectivity index (χ1) is 16.4. The normalized spacial score (nSPS) is 17.8. The number of aromatic amines is 1. The summed E-state index contributed by atoms with van der Waals surface area (Å²) in [6, 6.07) is 2.04. The number of aryl methyl sites for hydroxylation is 3. The van der Waals surface area contributed by atoms with E-state index in [2.05, 4.69) is 50.3 Å². The predicted molar refractivity (Wildman–Crippen MR) is 130 cm³/mol. The molecule has 1 aliphatic rings. The Hall–Kier alpha value is -3.50. The minimum absolute atomic E-state index is 0.0307. The molecule has 0 fully saturated rings. The van der Waals surface area contributed by atoms with Gasteiger partial charge in [-0.2, -0.15) is 15.3 Å². The van der Waals surface area contributed by atoms with E-state index in [0.29, 0.717) is 25.5 Å². The van der Waals surface area contributed by atoms with Crippen LogP contribution in [0.5, 0.6) is 5.88 Å². The number of pyridine rings is 1.